The second kappa shape index (κ2) is 9.95. The number of carbonyl (C=O) groups excluding carboxylic acids is 1. The van der Waals surface area contributed by atoms with Gasteiger partial charge in [-0.3, -0.25) is 9.78 Å². The van der Waals surface area contributed by atoms with Gasteiger partial charge in [0.25, 0.3) is 0 Å². The van der Waals surface area contributed by atoms with Gasteiger partial charge in [0.15, 0.2) is 11.5 Å². The van der Waals surface area contributed by atoms with Crippen LogP contribution in [0.3, 0.4) is 0 Å². The Morgan fingerprint density at radius 3 is 2.63 bits per heavy atom. The average Bonchev–Trinajstić information content (AvgIpc) is 3.24. The van der Waals surface area contributed by atoms with Crippen molar-refractivity contribution >= 4 is 5.91 Å². The Balaban J connectivity index is 1.48. The summed E-state index contributed by atoms with van der Waals surface area (Å²) in [4.78, 5) is 16.1. The number of hydrogen-bond donors (Lipinski definition) is 1. The number of methoxy groups -OCH3 is 1. The second-order valence-corrected chi connectivity index (χ2v) is 7.10. The minimum Gasteiger partial charge on any atom is -0.493 e. The van der Waals surface area contributed by atoms with Gasteiger partial charge in [0, 0.05) is 25.4 Å². The van der Waals surface area contributed by atoms with Crippen LogP contribution in [0.4, 0.5) is 0 Å². The third-order valence-electron chi connectivity index (χ3n) is 5.12. The molecule has 27 heavy (non-hydrogen) atoms. The number of pyridine rings is 1. The molecule has 1 aliphatic carbocycles. The number of rotatable bonds is 9. The van der Waals surface area contributed by atoms with Crippen LogP contribution in [0.1, 0.15) is 49.7 Å². The summed E-state index contributed by atoms with van der Waals surface area (Å²) in [5, 5.41) is 3.01. The Morgan fingerprint density at radius 1 is 1.11 bits per heavy atom. The average molecular weight is 368 g/mol. The van der Waals surface area contributed by atoms with Gasteiger partial charge in [-0.1, -0.05) is 31.7 Å². The summed E-state index contributed by atoms with van der Waals surface area (Å²) in [6.45, 7) is 0.959. The van der Waals surface area contributed by atoms with Crippen molar-refractivity contribution < 1.29 is 14.3 Å². The number of hydrogen-bond acceptors (Lipinski definition) is 4. The van der Waals surface area contributed by atoms with Crippen molar-refractivity contribution in [3.05, 3.63) is 53.9 Å². The molecule has 0 bridgehead atoms. The van der Waals surface area contributed by atoms with E-state index in [1.807, 2.05) is 30.3 Å². The molecule has 0 radical (unpaired) electrons. The zero-order chi connectivity index (χ0) is 18.9. The number of ether oxygens (including phenoxy) is 2. The summed E-state index contributed by atoms with van der Waals surface area (Å²) in [5.74, 6) is 2.22. The van der Waals surface area contributed by atoms with E-state index in [1.54, 1.807) is 19.5 Å². The molecule has 1 amide bonds. The molecule has 0 saturated heterocycles. The number of nitrogens with zero attached hydrogens (tertiary/aromatic N) is 1. The van der Waals surface area contributed by atoms with Crippen LogP contribution in [0.25, 0.3) is 0 Å². The van der Waals surface area contributed by atoms with E-state index in [4.69, 9.17) is 9.47 Å². The lowest BCUT2D eigenvalue weighted by molar-refractivity contribution is -0.121. The van der Waals surface area contributed by atoms with Crippen LogP contribution in [0.2, 0.25) is 0 Å². The van der Waals surface area contributed by atoms with Gasteiger partial charge in [0.2, 0.25) is 5.91 Å². The van der Waals surface area contributed by atoms with Crippen LogP contribution >= 0.6 is 0 Å². The summed E-state index contributed by atoms with van der Waals surface area (Å²) in [6, 6.07) is 9.60. The topological polar surface area (TPSA) is 60.5 Å². The van der Waals surface area contributed by atoms with Gasteiger partial charge in [-0.2, -0.15) is 0 Å². The van der Waals surface area contributed by atoms with Gasteiger partial charge < -0.3 is 14.8 Å². The fourth-order valence-electron chi connectivity index (χ4n) is 3.50. The lowest BCUT2D eigenvalue weighted by Gasteiger charge is -2.13. The Morgan fingerprint density at radius 2 is 1.89 bits per heavy atom. The predicted octanol–water partition coefficient (Wildman–Crippen LogP) is 4.26. The maximum absolute atomic E-state index is 12.1. The van der Waals surface area contributed by atoms with Crippen molar-refractivity contribution in [1.82, 2.24) is 10.3 Å². The number of nitrogens with one attached hydrogen (secondary N) is 1. The van der Waals surface area contributed by atoms with Crippen LogP contribution < -0.4 is 14.8 Å². The first-order valence-electron chi connectivity index (χ1n) is 9.70. The van der Waals surface area contributed by atoms with Crippen molar-refractivity contribution in [2.24, 2.45) is 5.92 Å². The minimum atomic E-state index is 0.124. The minimum absolute atomic E-state index is 0.124. The Bertz CT molecular complexity index is 728. The van der Waals surface area contributed by atoms with E-state index in [0.29, 0.717) is 31.1 Å². The van der Waals surface area contributed by atoms with Gasteiger partial charge >= 0.3 is 0 Å². The van der Waals surface area contributed by atoms with Gasteiger partial charge in [0.1, 0.15) is 6.61 Å². The molecule has 0 aliphatic heterocycles. The molecule has 5 heteroatoms. The highest BCUT2D eigenvalue weighted by Crippen LogP contribution is 2.29. The smallest absolute Gasteiger partial charge is 0.220 e. The first-order chi connectivity index (χ1) is 13.2. The zero-order valence-corrected chi connectivity index (χ0v) is 15.9. The molecule has 0 spiro atoms. The molecule has 0 atom stereocenters. The molecule has 144 valence electrons. The normalized spacial score (nSPS) is 14.1. The highest BCUT2D eigenvalue weighted by molar-refractivity contribution is 5.75. The summed E-state index contributed by atoms with van der Waals surface area (Å²) in [5.41, 5.74) is 2.04. The summed E-state index contributed by atoms with van der Waals surface area (Å²) in [6.07, 6.45) is 10.3. The first-order valence-corrected chi connectivity index (χ1v) is 9.70. The lowest BCUT2D eigenvalue weighted by Crippen LogP contribution is -2.23. The van der Waals surface area contributed by atoms with Gasteiger partial charge in [0.05, 0.1) is 7.11 Å². The van der Waals surface area contributed by atoms with Gasteiger partial charge in [-0.25, -0.2) is 0 Å². The van der Waals surface area contributed by atoms with Crippen molar-refractivity contribution in [3.63, 3.8) is 0 Å². The largest absolute Gasteiger partial charge is 0.493 e. The molecule has 0 unspecified atom stereocenters. The third kappa shape index (κ3) is 5.98. The van der Waals surface area contributed by atoms with Gasteiger partial charge in [-0.15, -0.1) is 0 Å². The Hall–Kier alpha value is -2.56. The van der Waals surface area contributed by atoms with Gasteiger partial charge in [-0.05, 0) is 47.7 Å². The quantitative estimate of drug-likeness (QED) is 0.719. The maximum atomic E-state index is 12.1. The monoisotopic (exact) mass is 368 g/mol. The van der Waals surface area contributed by atoms with E-state index in [-0.39, 0.29) is 5.91 Å². The van der Waals surface area contributed by atoms with Crippen molar-refractivity contribution in [3.8, 4) is 11.5 Å². The summed E-state index contributed by atoms with van der Waals surface area (Å²) >= 11 is 0. The van der Waals surface area contributed by atoms with Crippen molar-refractivity contribution in [1.29, 1.82) is 0 Å². The SMILES string of the molecule is COc1cc(CNC(=O)CCC2CCCC2)ccc1OCc1ccncc1. The molecular weight excluding hydrogens is 340 g/mol. The molecule has 1 aromatic heterocycles. The van der Waals surface area contributed by atoms with Crippen molar-refractivity contribution in [2.45, 2.75) is 51.7 Å². The number of aromatic nitrogens is 1. The van der Waals surface area contributed by atoms with Crippen molar-refractivity contribution in [2.75, 3.05) is 7.11 Å². The molecule has 1 heterocycles. The van der Waals surface area contributed by atoms with Crippen LogP contribution in [0, 0.1) is 5.92 Å². The van der Waals surface area contributed by atoms with Crippen LogP contribution in [0.5, 0.6) is 11.5 Å². The van der Waals surface area contributed by atoms with E-state index < -0.39 is 0 Å². The zero-order valence-electron chi connectivity index (χ0n) is 15.9. The van der Waals surface area contributed by atoms with Crippen LogP contribution in [0.15, 0.2) is 42.7 Å². The Kier molecular flexibility index (Phi) is 7.08. The van der Waals surface area contributed by atoms with Crippen LogP contribution in [-0.2, 0) is 17.9 Å². The fourth-order valence-corrected chi connectivity index (χ4v) is 3.50. The fraction of sp³-hybridized carbons (Fsp3) is 0.455. The number of benzene rings is 1. The second-order valence-electron chi connectivity index (χ2n) is 7.10. The molecular formula is C22H28N2O3. The van der Waals surface area contributed by atoms with E-state index in [2.05, 4.69) is 10.3 Å². The van der Waals surface area contributed by atoms with E-state index >= 15 is 0 Å². The molecule has 1 aromatic carbocycles. The molecule has 1 fully saturated rings. The van der Waals surface area contributed by atoms with E-state index in [0.717, 1.165) is 23.5 Å². The molecule has 1 aliphatic rings. The molecule has 3 rings (SSSR count). The predicted molar refractivity (Wildman–Crippen MR) is 105 cm³/mol. The highest BCUT2D eigenvalue weighted by Gasteiger charge is 2.16. The lowest BCUT2D eigenvalue weighted by atomic mass is 10.0. The standard InChI is InChI=1S/C22H28N2O3/c1-26-21-14-19(15-24-22(25)9-7-17-4-2-3-5-17)6-8-20(21)27-16-18-10-12-23-13-11-18/h6,8,10-14,17H,2-5,7,9,15-16H2,1H3,(H,24,25). The highest BCUT2D eigenvalue weighted by atomic mass is 16.5. The van der Waals surface area contributed by atoms with E-state index in [1.165, 1.54) is 25.7 Å². The molecule has 5 nitrogen and oxygen atoms in total. The third-order valence-corrected chi connectivity index (χ3v) is 5.12. The molecule has 1 N–H and O–H groups in total. The molecule has 1 saturated carbocycles. The maximum Gasteiger partial charge on any atom is 0.220 e. The van der Waals surface area contributed by atoms with E-state index in [9.17, 15) is 4.79 Å². The molecule has 2 aromatic rings. The number of amides is 1. The first kappa shape index (κ1) is 19.2. The number of carbonyl (C=O) groups is 1. The summed E-state index contributed by atoms with van der Waals surface area (Å²) < 4.78 is 11.3. The Labute approximate surface area is 161 Å². The van der Waals surface area contributed by atoms with Crippen LogP contribution in [-0.4, -0.2) is 18.0 Å². The summed E-state index contributed by atoms with van der Waals surface area (Å²) in [7, 11) is 1.62.